The molecule has 1 atom stereocenters. The number of benzene rings is 1. The molecule has 0 saturated heterocycles. The second-order valence-corrected chi connectivity index (χ2v) is 5.07. The van der Waals surface area contributed by atoms with Crippen molar-refractivity contribution < 1.29 is 5.11 Å². The number of hydrogen-bond donors (Lipinski definition) is 2. The van der Waals surface area contributed by atoms with Gasteiger partial charge < -0.3 is 15.4 Å². The maximum atomic E-state index is 9.92. The van der Waals surface area contributed by atoms with Gasteiger partial charge in [0.25, 0.3) is 0 Å². The number of fused-ring (bicyclic) bond motifs is 1. The maximum absolute atomic E-state index is 9.92. The molecular weight excluding hydrogens is 224 g/mol. The van der Waals surface area contributed by atoms with Gasteiger partial charge in [-0.2, -0.15) is 0 Å². The zero-order valence-corrected chi connectivity index (χ0v) is 11.4. The quantitative estimate of drug-likeness (QED) is 0.871. The Labute approximate surface area is 108 Å². The molecule has 2 rings (SSSR count). The third-order valence-electron chi connectivity index (χ3n) is 3.41. The van der Waals surface area contributed by atoms with Crippen molar-refractivity contribution in [1.29, 1.82) is 0 Å². The molecule has 1 aromatic heterocycles. The average molecular weight is 246 g/mol. The topological polar surface area (TPSA) is 51.2 Å². The number of hydrogen-bond acceptors (Lipinski definition) is 2. The lowest BCUT2D eigenvalue weighted by molar-refractivity contribution is 0.200. The van der Waals surface area contributed by atoms with E-state index in [0.29, 0.717) is 6.54 Å². The van der Waals surface area contributed by atoms with Crippen molar-refractivity contribution in [3.05, 3.63) is 35.0 Å². The largest absolute Gasteiger partial charge is 0.389 e. The molecule has 0 fully saturated rings. The van der Waals surface area contributed by atoms with Crippen LogP contribution in [0.4, 0.5) is 0 Å². The van der Waals surface area contributed by atoms with Crippen LogP contribution in [-0.4, -0.2) is 16.2 Å². The Balaban J connectivity index is 2.64. The van der Waals surface area contributed by atoms with E-state index in [4.69, 9.17) is 5.73 Å². The van der Waals surface area contributed by atoms with Crippen molar-refractivity contribution in [3.63, 3.8) is 0 Å². The molecule has 0 aliphatic rings. The second kappa shape index (κ2) is 5.12. The minimum atomic E-state index is -0.437. The van der Waals surface area contributed by atoms with Crippen molar-refractivity contribution in [1.82, 2.24) is 4.57 Å². The second-order valence-electron chi connectivity index (χ2n) is 5.07. The Hall–Kier alpha value is -1.32. The normalized spacial score (nSPS) is 13.2. The lowest BCUT2D eigenvalue weighted by atomic mass is 10.0. The van der Waals surface area contributed by atoms with Gasteiger partial charge in [0.2, 0.25) is 0 Å². The van der Waals surface area contributed by atoms with E-state index in [-0.39, 0.29) is 0 Å². The van der Waals surface area contributed by atoms with Gasteiger partial charge in [0.05, 0.1) is 6.10 Å². The summed E-state index contributed by atoms with van der Waals surface area (Å²) >= 11 is 0. The van der Waals surface area contributed by atoms with E-state index >= 15 is 0 Å². The Bertz CT molecular complexity index is 555. The highest BCUT2D eigenvalue weighted by Gasteiger charge is 2.14. The van der Waals surface area contributed by atoms with Gasteiger partial charge in [0, 0.05) is 29.2 Å². The van der Waals surface area contributed by atoms with Crippen molar-refractivity contribution in [2.24, 2.45) is 5.73 Å². The summed E-state index contributed by atoms with van der Waals surface area (Å²) in [5.41, 5.74) is 10.3. The van der Waals surface area contributed by atoms with Crippen LogP contribution in [0.1, 0.15) is 36.1 Å². The number of aryl methyl sites for hydroxylation is 3. The van der Waals surface area contributed by atoms with Crippen LogP contribution in [-0.2, 0) is 6.54 Å². The first kappa shape index (κ1) is 13.1. The molecule has 3 N–H and O–H groups in total. The first-order valence-corrected chi connectivity index (χ1v) is 6.52. The molecule has 0 saturated carbocycles. The summed E-state index contributed by atoms with van der Waals surface area (Å²) in [7, 11) is 0. The molecular formula is C15H22N2O. The number of nitrogens with two attached hydrogens (primary N) is 1. The molecule has 98 valence electrons. The van der Waals surface area contributed by atoms with Crippen molar-refractivity contribution >= 4 is 10.9 Å². The predicted molar refractivity (Wildman–Crippen MR) is 75.7 cm³/mol. The van der Waals surface area contributed by atoms with Gasteiger partial charge in [0.15, 0.2) is 0 Å². The van der Waals surface area contributed by atoms with Crippen molar-refractivity contribution in [2.75, 3.05) is 6.54 Å². The fraction of sp³-hybridized carbons (Fsp3) is 0.467. The fourth-order valence-corrected chi connectivity index (χ4v) is 2.61. The average Bonchev–Trinajstić information content (AvgIpc) is 2.65. The van der Waals surface area contributed by atoms with Gasteiger partial charge in [-0.3, -0.25) is 0 Å². The van der Waals surface area contributed by atoms with Gasteiger partial charge in [-0.1, -0.05) is 6.07 Å². The van der Waals surface area contributed by atoms with Gasteiger partial charge in [-0.05, 0) is 50.9 Å². The molecule has 1 unspecified atom stereocenters. The molecule has 1 heterocycles. The monoisotopic (exact) mass is 246 g/mol. The highest BCUT2D eigenvalue weighted by molar-refractivity contribution is 5.88. The zero-order valence-electron chi connectivity index (χ0n) is 11.4. The summed E-state index contributed by atoms with van der Waals surface area (Å²) in [4.78, 5) is 0. The molecule has 2 aromatic rings. The molecule has 0 amide bonds. The fourth-order valence-electron chi connectivity index (χ4n) is 2.61. The number of rotatable bonds is 4. The van der Waals surface area contributed by atoms with Crippen LogP contribution < -0.4 is 5.73 Å². The Morgan fingerprint density at radius 2 is 2.06 bits per heavy atom. The Morgan fingerprint density at radius 3 is 2.67 bits per heavy atom. The minimum absolute atomic E-state index is 0.437. The van der Waals surface area contributed by atoms with E-state index in [9.17, 15) is 5.11 Å². The summed E-state index contributed by atoms with van der Waals surface area (Å²) in [6.45, 7) is 7.63. The highest BCUT2D eigenvalue weighted by atomic mass is 16.3. The molecule has 18 heavy (non-hydrogen) atoms. The molecule has 0 aliphatic carbocycles. The SMILES string of the molecule is Cc1cc(C)c2c(C(C)O)cn(CCCN)c2c1. The van der Waals surface area contributed by atoms with Crippen LogP contribution in [0.25, 0.3) is 10.9 Å². The molecule has 0 radical (unpaired) electrons. The number of aromatic nitrogens is 1. The number of nitrogens with zero attached hydrogens (tertiary/aromatic N) is 1. The first-order valence-electron chi connectivity index (χ1n) is 6.52. The molecule has 0 spiro atoms. The molecule has 0 aliphatic heterocycles. The third kappa shape index (κ3) is 2.28. The molecule has 1 aromatic carbocycles. The number of aliphatic hydroxyl groups excluding tert-OH is 1. The van der Waals surface area contributed by atoms with Crippen LogP contribution in [0.2, 0.25) is 0 Å². The van der Waals surface area contributed by atoms with Crippen molar-refractivity contribution in [3.8, 4) is 0 Å². The summed E-state index contributed by atoms with van der Waals surface area (Å²) in [6.07, 6.45) is 2.58. The van der Waals surface area contributed by atoms with Crippen LogP contribution >= 0.6 is 0 Å². The third-order valence-corrected chi connectivity index (χ3v) is 3.41. The minimum Gasteiger partial charge on any atom is -0.389 e. The summed E-state index contributed by atoms with van der Waals surface area (Å²) < 4.78 is 2.21. The Morgan fingerprint density at radius 1 is 1.33 bits per heavy atom. The van der Waals surface area contributed by atoms with E-state index in [2.05, 4.69) is 36.7 Å². The standard InChI is InChI=1S/C15H22N2O/c1-10-7-11(2)15-13(12(3)18)9-17(6-4-5-16)14(15)8-10/h7-9,12,18H,4-6,16H2,1-3H3. The lowest BCUT2D eigenvalue weighted by Crippen LogP contribution is -2.04. The zero-order chi connectivity index (χ0) is 13.3. The smallest absolute Gasteiger partial charge is 0.0782 e. The first-order chi connectivity index (χ1) is 8.54. The van der Waals surface area contributed by atoms with Gasteiger partial charge in [0.1, 0.15) is 0 Å². The van der Waals surface area contributed by atoms with E-state index < -0.39 is 6.10 Å². The van der Waals surface area contributed by atoms with Gasteiger partial charge >= 0.3 is 0 Å². The number of aliphatic hydroxyl groups is 1. The molecule has 3 nitrogen and oxygen atoms in total. The van der Waals surface area contributed by atoms with E-state index in [0.717, 1.165) is 18.5 Å². The van der Waals surface area contributed by atoms with E-state index in [1.54, 1.807) is 0 Å². The van der Waals surface area contributed by atoms with E-state index in [1.807, 2.05) is 6.92 Å². The van der Waals surface area contributed by atoms with Crippen LogP contribution in [0.15, 0.2) is 18.3 Å². The van der Waals surface area contributed by atoms with Gasteiger partial charge in [-0.15, -0.1) is 0 Å². The van der Waals surface area contributed by atoms with Gasteiger partial charge in [-0.25, -0.2) is 0 Å². The lowest BCUT2D eigenvalue weighted by Gasteiger charge is -2.07. The maximum Gasteiger partial charge on any atom is 0.0782 e. The summed E-state index contributed by atoms with van der Waals surface area (Å²) in [5.74, 6) is 0. The highest BCUT2D eigenvalue weighted by Crippen LogP contribution is 2.30. The predicted octanol–water partition coefficient (Wildman–Crippen LogP) is 2.66. The Kier molecular flexibility index (Phi) is 3.73. The van der Waals surface area contributed by atoms with Crippen LogP contribution in [0.5, 0.6) is 0 Å². The van der Waals surface area contributed by atoms with Crippen LogP contribution in [0, 0.1) is 13.8 Å². The molecule has 3 heteroatoms. The van der Waals surface area contributed by atoms with Crippen LogP contribution in [0.3, 0.4) is 0 Å². The molecule has 0 bridgehead atoms. The summed E-state index contributed by atoms with van der Waals surface area (Å²) in [6, 6.07) is 4.35. The van der Waals surface area contributed by atoms with E-state index in [1.165, 1.54) is 22.0 Å². The van der Waals surface area contributed by atoms with Crippen molar-refractivity contribution in [2.45, 2.75) is 39.8 Å². The summed E-state index contributed by atoms with van der Waals surface area (Å²) in [5, 5.41) is 11.1.